The van der Waals surface area contributed by atoms with Crippen LogP contribution >= 0.6 is 0 Å². The van der Waals surface area contributed by atoms with E-state index in [-0.39, 0.29) is 5.82 Å². The van der Waals surface area contributed by atoms with Crippen molar-refractivity contribution in [1.29, 1.82) is 0 Å². The smallest absolute Gasteiger partial charge is 0.140 e. The van der Waals surface area contributed by atoms with Gasteiger partial charge in [-0.1, -0.05) is 24.3 Å². The maximum absolute atomic E-state index is 13.7. The number of nitrogens with one attached hydrogen (secondary N) is 1. The van der Waals surface area contributed by atoms with Gasteiger partial charge in [0.25, 0.3) is 0 Å². The molecule has 2 N–H and O–H groups in total. The molecule has 0 amide bonds. The molecule has 0 bridgehead atoms. The predicted molar refractivity (Wildman–Crippen MR) is 85.8 cm³/mol. The van der Waals surface area contributed by atoms with Crippen LogP contribution in [0.5, 0.6) is 5.75 Å². The summed E-state index contributed by atoms with van der Waals surface area (Å²) in [6.07, 6.45) is 0.627. The molecule has 23 heavy (non-hydrogen) atoms. The fourth-order valence-corrected chi connectivity index (χ4v) is 2.35. The number of nitrogens with zero attached hydrogens (tertiary/aromatic N) is 1. The van der Waals surface area contributed by atoms with E-state index in [0.29, 0.717) is 17.0 Å². The van der Waals surface area contributed by atoms with Gasteiger partial charge in [-0.2, -0.15) is 0 Å². The summed E-state index contributed by atoms with van der Waals surface area (Å²) in [4.78, 5) is 7.28. The molecule has 0 aliphatic carbocycles. The molecule has 0 saturated heterocycles. The first-order valence-corrected chi connectivity index (χ1v) is 7.22. The van der Waals surface area contributed by atoms with Gasteiger partial charge in [-0.3, -0.25) is 0 Å². The van der Waals surface area contributed by atoms with Crippen molar-refractivity contribution >= 4 is 0 Å². The second-order valence-corrected chi connectivity index (χ2v) is 5.33. The van der Waals surface area contributed by atoms with E-state index in [1.54, 1.807) is 32.4 Å². The Bertz CT molecular complexity index is 829. The standard InChI is InChI=1S/C18H17FN2O2/c1-11-6-7-13(9-15(11)19)17(22)18-20-10-16(21-18)12-4-3-5-14(8-12)23-2/h3-10,17,22H,1-2H3,(H,20,21). The van der Waals surface area contributed by atoms with Crippen LogP contribution in [0.3, 0.4) is 0 Å². The number of hydrogen-bond acceptors (Lipinski definition) is 3. The first kappa shape index (κ1) is 15.2. The van der Waals surface area contributed by atoms with Crippen molar-refractivity contribution in [3.63, 3.8) is 0 Å². The van der Waals surface area contributed by atoms with Crippen LogP contribution in [0, 0.1) is 12.7 Å². The molecule has 118 valence electrons. The first-order valence-electron chi connectivity index (χ1n) is 7.22. The fourth-order valence-electron chi connectivity index (χ4n) is 2.35. The number of imidazole rings is 1. The Kier molecular flexibility index (Phi) is 4.12. The lowest BCUT2D eigenvalue weighted by molar-refractivity contribution is 0.210. The van der Waals surface area contributed by atoms with Gasteiger partial charge in [-0.05, 0) is 36.2 Å². The van der Waals surface area contributed by atoms with Crippen molar-refractivity contribution in [2.45, 2.75) is 13.0 Å². The minimum absolute atomic E-state index is 0.346. The molecule has 1 atom stereocenters. The first-order chi connectivity index (χ1) is 11.1. The second-order valence-electron chi connectivity index (χ2n) is 5.33. The van der Waals surface area contributed by atoms with Gasteiger partial charge in [-0.25, -0.2) is 9.37 Å². The minimum Gasteiger partial charge on any atom is -0.497 e. The van der Waals surface area contributed by atoms with Crippen molar-refractivity contribution in [2.75, 3.05) is 7.11 Å². The van der Waals surface area contributed by atoms with E-state index in [4.69, 9.17) is 4.74 Å². The Morgan fingerprint density at radius 1 is 1.22 bits per heavy atom. The number of rotatable bonds is 4. The van der Waals surface area contributed by atoms with Crippen LogP contribution in [0.2, 0.25) is 0 Å². The number of methoxy groups -OCH3 is 1. The van der Waals surface area contributed by atoms with E-state index in [2.05, 4.69) is 9.97 Å². The molecule has 0 fully saturated rings. The van der Waals surface area contributed by atoms with E-state index < -0.39 is 6.10 Å². The van der Waals surface area contributed by atoms with Crippen molar-refractivity contribution in [3.8, 4) is 17.0 Å². The Hall–Kier alpha value is -2.66. The number of hydrogen-bond donors (Lipinski definition) is 2. The molecular weight excluding hydrogens is 295 g/mol. The van der Waals surface area contributed by atoms with Crippen LogP contribution in [0.25, 0.3) is 11.3 Å². The third-order valence-corrected chi connectivity index (χ3v) is 3.75. The Balaban J connectivity index is 1.89. The second kappa shape index (κ2) is 6.22. The van der Waals surface area contributed by atoms with Gasteiger partial charge >= 0.3 is 0 Å². The van der Waals surface area contributed by atoms with Crippen LogP contribution in [0.4, 0.5) is 4.39 Å². The highest BCUT2D eigenvalue weighted by molar-refractivity contribution is 5.60. The molecule has 1 aromatic heterocycles. The largest absolute Gasteiger partial charge is 0.497 e. The number of H-pyrrole nitrogens is 1. The van der Waals surface area contributed by atoms with Crippen molar-refractivity contribution in [2.24, 2.45) is 0 Å². The quantitative estimate of drug-likeness (QED) is 0.773. The highest BCUT2D eigenvalue weighted by Gasteiger charge is 2.16. The summed E-state index contributed by atoms with van der Waals surface area (Å²) in [6.45, 7) is 1.68. The summed E-state index contributed by atoms with van der Waals surface area (Å²) in [5.74, 6) is 0.756. The third kappa shape index (κ3) is 3.10. The topological polar surface area (TPSA) is 58.1 Å². The average molecular weight is 312 g/mol. The highest BCUT2D eigenvalue weighted by Crippen LogP contribution is 2.26. The van der Waals surface area contributed by atoms with E-state index in [9.17, 15) is 9.50 Å². The summed E-state index contributed by atoms with van der Waals surface area (Å²) < 4.78 is 18.9. The number of aliphatic hydroxyl groups excluding tert-OH is 1. The molecule has 5 heteroatoms. The zero-order valence-corrected chi connectivity index (χ0v) is 12.9. The number of aromatic nitrogens is 2. The lowest BCUT2D eigenvalue weighted by atomic mass is 10.1. The average Bonchev–Trinajstić information content (AvgIpc) is 3.07. The third-order valence-electron chi connectivity index (χ3n) is 3.75. The van der Waals surface area contributed by atoms with Crippen molar-refractivity contribution < 1.29 is 14.2 Å². The number of aromatic amines is 1. The Morgan fingerprint density at radius 2 is 2.04 bits per heavy atom. The maximum atomic E-state index is 13.7. The van der Waals surface area contributed by atoms with E-state index in [1.165, 1.54) is 6.07 Å². The summed E-state index contributed by atoms with van der Waals surface area (Å²) in [6, 6.07) is 12.2. The molecule has 4 nitrogen and oxygen atoms in total. The van der Waals surface area contributed by atoms with E-state index in [0.717, 1.165) is 17.0 Å². The number of aryl methyl sites for hydroxylation is 1. The summed E-state index contributed by atoms with van der Waals surface area (Å²) in [5.41, 5.74) is 2.65. The fraction of sp³-hybridized carbons (Fsp3) is 0.167. The zero-order valence-electron chi connectivity index (χ0n) is 12.9. The summed E-state index contributed by atoms with van der Waals surface area (Å²) in [7, 11) is 1.60. The van der Waals surface area contributed by atoms with Crippen LogP contribution in [0.15, 0.2) is 48.7 Å². The molecule has 2 aromatic carbocycles. The number of benzene rings is 2. The van der Waals surface area contributed by atoms with Crippen molar-refractivity contribution in [3.05, 3.63) is 71.4 Å². The predicted octanol–water partition coefficient (Wildman–Crippen LogP) is 3.61. The van der Waals surface area contributed by atoms with Crippen LogP contribution in [0.1, 0.15) is 23.1 Å². The number of aliphatic hydroxyl groups is 1. The minimum atomic E-state index is -1.01. The van der Waals surface area contributed by atoms with Gasteiger partial charge < -0.3 is 14.8 Å². The van der Waals surface area contributed by atoms with Gasteiger partial charge in [-0.15, -0.1) is 0 Å². The van der Waals surface area contributed by atoms with Gasteiger partial charge in [0.05, 0.1) is 19.0 Å². The molecule has 3 aromatic rings. The SMILES string of the molecule is COc1cccc(-c2cnc(C(O)c3ccc(C)c(F)c3)[nH]2)c1. The number of halogens is 1. The van der Waals surface area contributed by atoms with Crippen LogP contribution in [-0.4, -0.2) is 22.2 Å². The Morgan fingerprint density at radius 3 is 2.78 bits per heavy atom. The van der Waals surface area contributed by atoms with Crippen LogP contribution < -0.4 is 4.74 Å². The van der Waals surface area contributed by atoms with E-state index in [1.807, 2.05) is 24.3 Å². The van der Waals surface area contributed by atoms with Crippen LogP contribution in [-0.2, 0) is 0 Å². The van der Waals surface area contributed by atoms with Gasteiger partial charge in [0.2, 0.25) is 0 Å². The molecule has 1 unspecified atom stereocenters. The van der Waals surface area contributed by atoms with Gasteiger partial charge in [0.15, 0.2) is 0 Å². The molecule has 0 saturated carbocycles. The van der Waals surface area contributed by atoms with E-state index >= 15 is 0 Å². The lowest BCUT2D eigenvalue weighted by Gasteiger charge is -2.09. The molecule has 0 radical (unpaired) electrons. The van der Waals surface area contributed by atoms with Gasteiger partial charge in [0, 0.05) is 5.56 Å². The number of ether oxygens (including phenoxy) is 1. The summed E-state index contributed by atoms with van der Waals surface area (Å²) in [5, 5.41) is 10.4. The molecule has 1 heterocycles. The molecular formula is C18H17FN2O2. The summed E-state index contributed by atoms with van der Waals surface area (Å²) >= 11 is 0. The molecule has 0 aliphatic rings. The monoisotopic (exact) mass is 312 g/mol. The molecule has 0 spiro atoms. The maximum Gasteiger partial charge on any atom is 0.140 e. The Labute approximate surface area is 133 Å². The zero-order chi connectivity index (χ0) is 16.4. The normalized spacial score (nSPS) is 12.2. The lowest BCUT2D eigenvalue weighted by Crippen LogP contribution is -2.03. The highest BCUT2D eigenvalue weighted by atomic mass is 19.1. The van der Waals surface area contributed by atoms with Crippen molar-refractivity contribution in [1.82, 2.24) is 9.97 Å². The molecule has 0 aliphatic heterocycles. The molecule has 3 rings (SSSR count). The van der Waals surface area contributed by atoms with Gasteiger partial charge in [0.1, 0.15) is 23.5 Å².